The first-order valence-electron chi connectivity index (χ1n) is 11.0. The van der Waals surface area contributed by atoms with Gasteiger partial charge in [-0.15, -0.1) is 0 Å². The van der Waals surface area contributed by atoms with Crippen LogP contribution in [0, 0.1) is 0 Å². The molecule has 0 rings (SSSR count). The van der Waals surface area contributed by atoms with E-state index in [1.54, 1.807) is 7.11 Å². The van der Waals surface area contributed by atoms with Crippen LogP contribution in [0.15, 0.2) is 0 Å². The van der Waals surface area contributed by atoms with Gasteiger partial charge in [0.25, 0.3) is 0 Å². The summed E-state index contributed by atoms with van der Waals surface area (Å²) in [5.74, 6) is 0. The standard InChI is InChI=1S/C22H45IO2/c1-3-4-5-6-7-8-9-10-11-12-13-14-15-16-17-18-19-25-21-22(20-23)24-2/h22H,3-21H2,1-2H3. The van der Waals surface area contributed by atoms with E-state index in [0.29, 0.717) is 0 Å². The van der Waals surface area contributed by atoms with Crippen LogP contribution in [-0.4, -0.2) is 30.9 Å². The van der Waals surface area contributed by atoms with Crippen LogP contribution in [-0.2, 0) is 9.47 Å². The third-order valence-corrected chi connectivity index (χ3v) is 5.93. The molecule has 2 nitrogen and oxygen atoms in total. The first-order chi connectivity index (χ1) is 12.3. The molecule has 0 aromatic rings. The molecule has 0 saturated carbocycles. The normalized spacial score (nSPS) is 12.6. The highest BCUT2D eigenvalue weighted by atomic mass is 127. The zero-order chi connectivity index (χ0) is 18.4. The Morgan fingerprint density at radius 2 is 1.04 bits per heavy atom. The monoisotopic (exact) mass is 468 g/mol. The molecule has 0 bridgehead atoms. The van der Waals surface area contributed by atoms with Gasteiger partial charge in [-0.3, -0.25) is 0 Å². The Hall–Kier alpha value is 0.650. The van der Waals surface area contributed by atoms with E-state index in [2.05, 4.69) is 29.5 Å². The molecule has 0 amide bonds. The van der Waals surface area contributed by atoms with Crippen LogP contribution in [0.4, 0.5) is 0 Å². The van der Waals surface area contributed by atoms with Crippen molar-refractivity contribution in [1.29, 1.82) is 0 Å². The van der Waals surface area contributed by atoms with Crippen molar-refractivity contribution >= 4 is 22.6 Å². The van der Waals surface area contributed by atoms with Crippen molar-refractivity contribution in [2.75, 3.05) is 24.8 Å². The number of rotatable bonds is 21. The van der Waals surface area contributed by atoms with Gasteiger partial charge in [-0.25, -0.2) is 0 Å². The summed E-state index contributed by atoms with van der Waals surface area (Å²) in [6, 6.07) is 0. The second kappa shape index (κ2) is 22.7. The third kappa shape index (κ3) is 20.8. The van der Waals surface area contributed by atoms with Gasteiger partial charge in [0.1, 0.15) is 0 Å². The zero-order valence-corrected chi connectivity index (χ0v) is 19.4. The maximum atomic E-state index is 5.67. The number of methoxy groups -OCH3 is 1. The summed E-state index contributed by atoms with van der Waals surface area (Å²) in [6.07, 6.45) is 22.9. The average molecular weight is 469 g/mol. The Morgan fingerprint density at radius 1 is 0.640 bits per heavy atom. The minimum absolute atomic E-state index is 0.265. The van der Waals surface area contributed by atoms with Gasteiger partial charge in [-0.2, -0.15) is 0 Å². The SMILES string of the molecule is CCCCCCCCCCCCCCCCCCOCC(CI)OC. The summed E-state index contributed by atoms with van der Waals surface area (Å²) in [5.41, 5.74) is 0. The molecule has 0 aromatic carbocycles. The summed E-state index contributed by atoms with van der Waals surface area (Å²) in [5, 5.41) is 0. The summed E-state index contributed by atoms with van der Waals surface area (Å²) in [7, 11) is 1.77. The Kier molecular flexibility index (Phi) is 23.3. The van der Waals surface area contributed by atoms with Gasteiger partial charge >= 0.3 is 0 Å². The molecule has 0 spiro atoms. The zero-order valence-electron chi connectivity index (χ0n) is 17.2. The lowest BCUT2D eigenvalue weighted by Crippen LogP contribution is -2.19. The second-order valence-electron chi connectivity index (χ2n) is 7.39. The Bertz CT molecular complexity index is 232. The number of unbranched alkanes of at least 4 members (excludes halogenated alkanes) is 15. The fourth-order valence-corrected chi connectivity index (χ4v) is 3.76. The molecule has 0 aliphatic heterocycles. The highest BCUT2D eigenvalue weighted by Gasteiger charge is 2.04. The van der Waals surface area contributed by atoms with Crippen LogP contribution in [0.2, 0.25) is 0 Å². The van der Waals surface area contributed by atoms with Crippen LogP contribution in [0.25, 0.3) is 0 Å². The van der Waals surface area contributed by atoms with E-state index >= 15 is 0 Å². The van der Waals surface area contributed by atoms with Crippen LogP contribution in [0.5, 0.6) is 0 Å². The van der Waals surface area contributed by atoms with Crippen molar-refractivity contribution in [2.24, 2.45) is 0 Å². The molecule has 0 radical (unpaired) electrons. The Morgan fingerprint density at radius 3 is 1.40 bits per heavy atom. The first-order valence-corrected chi connectivity index (χ1v) is 12.5. The lowest BCUT2D eigenvalue weighted by atomic mass is 10.0. The largest absolute Gasteiger partial charge is 0.379 e. The fraction of sp³-hybridized carbons (Fsp3) is 1.00. The van der Waals surface area contributed by atoms with E-state index in [4.69, 9.17) is 9.47 Å². The predicted molar refractivity (Wildman–Crippen MR) is 120 cm³/mol. The van der Waals surface area contributed by atoms with Gasteiger partial charge in [0.15, 0.2) is 0 Å². The van der Waals surface area contributed by atoms with Crippen molar-refractivity contribution in [3.63, 3.8) is 0 Å². The number of halogens is 1. The van der Waals surface area contributed by atoms with Gasteiger partial charge < -0.3 is 9.47 Å². The summed E-state index contributed by atoms with van der Waals surface area (Å²) < 4.78 is 12.0. The summed E-state index contributed by atoms with van der Waals surface area (Å²) in [4.78, 5) is 0. The molecular weight excluding hydrogens is 423 g/mol. The van der Waals surface area contributed by atoms with Crippen molar-refractivity contribution in [1.82, 2.24) is 0 Å². The fourth-order valence-electron chi connectivity index (χ4n) is 3.14. The highest BCUT2D eigenvalue weighted by molar-refractivity contribution is 14.1. The van der Waals surface area contributed by atoms with E-state index in [0.717, 1.165) is 17.6 Å². The molecule has 0 heterocycles. The van der Waals surface area contributed by atoms with E-state index in [9.17, 15) is 0 Å². The van der Waals surface area contributed by atoms with Crippen LogP contribution in [0.3, 0.4) is 0 Å². The van der Waals surface area contributed by atoms with Crippen LogP contribution < -0.4 is 0 Å². The lowest BCUT2D eigenvalue weighted by molar-refractivity contribution is 0.0213. The van der Waals surface area contributed by atoms with Crippen molar-refractivity contribution < 1.29 is 9.47 Å². The molecule has 0 aliphatic rings. The van der Waals surface area contributed by atoms with E-state index < -0.39 is 0 Å². The van der Waals surface area contributed by atoms with Crippen molar-refractivity contribution in [2.45, 2.75) is 116 Å². The molecule has 1 unspecified atom stereocenters. The quantitative estimate of drug-likeness (QED) is 0.0976. The Labute approximate surface area is 172 Å². The topological polar surface area (TPSA) is 18.5 Å². The summed E-state index contributed by atoms with van der Waals surface area (Å²) in [6.45, 7) is 3.94. The second-order valence-corrected chi connectivity index (χ2v) is 8.27. The molecule has 0 aliphatic carbocycles. The van der Waals surface area contributed by atoms with E-state index in [1.807, 2.05) is 0 Å². The molecule has 0 aromatic heterocycles. The number of alkyl halides is 1. The average Bonchev–Trinajstić information content (AvgIpc) is 2.64. The third-order valence-electron chi connectivity index (χ3n) is 4.95. The smallest absolute Gasteiger partial charge is 0.0893 e. The minimum Gasteiger partial charge on any atom is -0.379 e. The van der Waals surface area contributed by atoms with Crippen LogP contribution >= 0.6 is 22.6 Å². The molecule has 152 valence electrons. The van der Waals surface area contributed by atoms with Crippen molar-refractivity contribution in [3.8, 4) is 0 Å². The number of hydrogen-bond acceptors (Lipinski definition) is 2. The molecule has 1 atom stereocenters. The van der Waals surface area contributed by atoms with Crippen LogP contribution in [0.1, 0.15) is 110 Å². The number of hydrogen-bond donors (Lipinski definition) is 0. The first kappa shape index (κ1) is 25.6. The molecule has 0 N–H and O–H groups in total. The molecular formula is C22H45IO2. The van der Waals surface area contributed by atoms with E-state index in [-0.39, 0.29) is 6.10 Å². The Balaban J connectivity index is 3.03. The van der Waals surface area contributed by atoms with E-state index in [1.165, 1.54) is 103 Å². The lowest BCUT2D eigenvalue weighted by Gasteiger charge is -2.12. The predicted octanol–water partition coefficient (Wildman–Crippen LogP) is 7.71. The maximum Gasteiger partial charge on any atom is 0.0893 e. The van der Waals surface area contributed by atoms with Gasteiger partial charge in [0.2, 0.25) is 0 Å². The minimum atomic E-state index is 0.265. The number of ether oxygens (including phenoxy) is 2. The molecule has 3 heteroatoms. The maximum absolute atomic E-state index is 5.67. The molecule has 25 heavy (non-hydrogen) atoms. The summed E-state index contributed by atoms with van der Waals surface area (Å²) >= 11 is 2.35. The van der Waals surface area contributed by atoms with Crippen molar-refractivity contribution in [3.05, 3.63) is 0 Å². The van der Waals surface area contributed by atoms with Gasteiger partial charge in [-0.1, -0.05) is 126 Å². The molecule has 0 saturated heterocycles. The van der Waals surface area contributed by atoms with Gasteiger partial charge in [0.05, 0.1) is 12.7 Å². The van der Waals surface area contributed by atoms with Gasteiger partial charge in [0, 0.05) is 18.1 Å². The van der Waals surface area contributed by atoms with Gasteiger partial charge in [-0.05, 0) is 6.42 Å². The molecule has 0 fully saturated rings. The highest BCUT2D eigenvalue weighted by Crippen LogP contribution is 2.13.